The second-order valence-corrected chi connectivity index (χ2v) is 6.74. The van der Waals surface area contributed by atoms with E-state index >= 15 is 0 Å². The van der Waals surface area contributed by atoms with Gasteiger partial charge >= 0.3 is 0 Å². The van der Waals surface area contributed by atoms with Crippen molar-refractivity contribution < 1.29 is 28.8 Å². The molecule has 0 aromatic heterocycles. The smallest absolute Gasteiger partial charge is 0.281 e. The molecule has 6 aliphatic rings. The standard InChI is InChI=1S/C14H20O6/c1-12-18-9-8(15)10(19-12)14(5-3-7-17-14)11(20-12)13(9)4-2-6-16-13/h8-11,15H,2-7H2,1H3/t8?,9-,10+,11?,12?,13+,14-. The maximum Gasteiger partial charge on any atom is 0.281 e. The molecule has 6 nitrogen and oxygen atoms in total. The molecule has 6 fully saturated rings. The van der Waals surface area contributed by atoms with Gasteiger partial charge in [-0.25, -0.2) is 0 Å². The Labute approximate surface area is 117 Å². The molecule has 1 N–H and O–H groups in total. The summed E-state index contributed by atoms with van der Waals surface area (Å²) in [5.74, 6) is -1.08. The minimum atomic E-state index is -1.08. The van der Waals surface area contributed by atoms with Crippen molar-refractivity contribution in [1.82, 2.24) is 0 Å². The molecular weight excluding hydrogens is 264 g/mol. The lowest BCUT2D eigenvalue weighted by Crippen LogP contribution is -2.86. The Morgan fingerprint density at radius 3 is 1.90 bits per heavy atom. The summed E-state index contributed by atoms with van der Waals surface area (Å²) < 4.78 is 30.1. The molecule has 0 aromatic rings. The Morgan fingerprint density at radius 2 is 1.45 bits per heavy atom. The van der Waals surface area contributed by atoms with Gasteiger partial charge in [-0.1, -0.05) is 0 Å². The van der Waals surface area contributed by atoms with Crippen LogP contribution in [0.5, 0.6) is 0 Å². The van der Waals surface area contributed by atoms with Crippen LogP contribution in [-0.2, 0) is 23.7 Å². The highest BCUT2D eigenvalue weighted by Crippen LogP contribution is 2.60. The number of aliphatic hydroxyl groups excluding tert-OH is 1. The fraction of sp³-hybridized carbons (Fsp3) is 1.00. The van der Waals surface area contributed by atoms with Gasteiger partial charge in [0.05, 0.1) is 0 Å². The molecule has 3 unspecified atom stereocenters. The predicted octanol–water partition coefficient (Wildman–Crippen LogP) is 0.316. The third-order valence-electron chi connectivity index (χ3n) is 5.65. The van der Waals surface area contributed by atoms with Gasteiger partial charge in [0.15, 0.2) is 0 Å². The monoisotopic (exact) mass is 284 g/mol. The van der Waals surface area contributed by atoms with E-state index < -0.39 is 23.3 Å². The predicted molar refractivity (Wildman–Crippen MR) is 64.9 cm³/mol. The Kier molecular flexibility index (Phi) is 2.19. The lowest BCUT2D eigenvalue weighted by Gasteiger charge is -2.68. The number of aliphatic hydroxyl groups is 1. The first-order chi connectivity index (χ1) is 9.60. The van der Waals surface area contributed by atoms with E-state index in [9.17, 15) is 5.11 Å². The fourth-order valence-corrected chi connectivity index (χ4v) is 4.97. The summed E-state index contributed by atoms with van der Waals surface area (Å²) in [4.78, 5) is 0. The topological polar surface area (TPSA) is 66.4 Å². The van der Waals surface area contributed by atoms with E-state index in [1.54, 1.807) is 6.92 Å². The van der Waals surface area contributed by atoms with Gasteiger partial charge in [-0.15, -0.1) is 0 Å². The summed E-state index contributed by atoms with van der Waals surface area (Å²) in [5, 5.41) is 10.7. The van der Waals surface area contributed by atoms with Crippen LogP contribution in [0.15, 0.2) is 0 Å². The van der Waals surface area contributed by atoms with Gasteiger partial charge in [-0.05, 0) is 25.7 Å². The van der Waals surface area contributed by atoms with Crippen molar-refractivity contribution in [1.29, 1.82) is 0 Å². The summed E-state index contributed by atoms with van der Waals surface area (Å²) >= 11 is 0. The summed E-state index contributed by atoms with van der Waals surface area (Å²) in [6.07, 6.45) is 1.89. The van der Waals surface area contributed by atoms with Crippen LogP contribution in [0.4, 0.5) is 0 Å². The zero-order valence-electron chi connectivity index (χ0n) is 11.5. The second-order valence-electron chi connectivity index (χ2n) is 6.74. The van der Waals surface area contributed by atoms with Crippen molar-refractivity contribution in [3.05, 3.63) is 0 Å². The molecule has 5 heterocycles. The molecule has 1 saturated carbocycles. The number of ether oxygens (including phenoxy) is 5. The van der Waals surface area contributed by atoms with Gasteiger partial charge in [0.2, 0.25) is 0 Å². The lowest BCUT2D eigenvalue weighted by molar-refractivity contribution is -0.561. The zero-order chi connectivity index (χ0) is 13.6. The fourth-order valence-electron chi connectivity index (χ4n) is 4.97. The van der Waals surface area contributed by atoms with Gasteiger partial charge < -0.3 is 28.8 Å². The molecule has 5 aliphatic heterocycles. The maximum atomic E-state index is 10.7. The van der Waals surface area contributed by atoms with Crippen molar-refractivity contribution in [3.63, 3.8) is 0 Å². The molecular formula is C14H20O6. The van der Waals surface area contributed by atoms with Crippen LogP contribution < -0.4 is 0 Å². The molecule has 6 rings (SSSR count). The normalized spacial score (nSPS) is 63.9. The Morgan fingerprint density at radius 1 is 0.900 bits per heavy atom. The molecule has 0 aromatic carbocycles. The van der Waals surface area contributed by atoms with Crippen molar-refractivity contribution >= 4 is 0 Å². The van der Waals surface area contributed by atoms with Gasteiger partial charge in [-0.2, -0.15) is 0 Å². The molecule has 0 amide bonds. The molecule has 112 valence electrons. The average molecular weight is 284 g/mol. The highest BCUT2D eigenvalue weighted by atomic mass is 16.9. The number of rotatable bonds is 0. The van der Waals surface area contributed by atoms with Crippen LogP contribution >= 0.6 is 0 Å². The van der Waals surface area contributed by atoms with Crippen LogP contribution in [0, 0.1) is 0 Å². The lowest BCUT2D eigenvalue weighted by atomic mass is 9.63. The third-order valence-corrected chi connectivity index (χ3v) is 5.65. The van der Waals surface area contributed by atoms with E-state index in [1.807, 2.05) is 0 Å². The van der Waals surface area contributed by atoms with E-state index in [1.165, 1.54) is 0 Å². The summed E-state index contributed by atoms with van der Waals surface area (Å²) in [5.41, 5.74) is -1.16. The van der Waals surface area contributed by atoms with Gasteiger partial charge in [0, 0.05) is 20.1 Å². The first kappa shape index (κ1) is 12.3. The number of hydrogen-bond donors (Lipinski definition) is 1. The largest absolute Gasteiger partial charge is 0.387 e. The summed E-state index contributed by atoms with van der Waals surface area (Å²) in [7, 11) is 0. The highest BCUT2D eigenvalue weighted by molar-refractivity contribution is 5.24. The van der Waals surface area contributed by atoms with Crippen LogP contribution in [0.2, 0.25) is 0 Å². The molecule has 0 radical (unpaired) electrons. The Balaban J connectivity index is 1.68. The molecule has 20 heavy (non-hydrogen) atoms. The van der Waals surface area contributed by atoms with Crippen LogP contribution in [0.1, 0.15) is 32.6 Å². The second kappa shape index (κ2) is 3.56. The van der Waals surface area contributed by atoms with Crippen molar-refractivity contribution in [2.45, 2.75) is 74.2 Å². The van der Waals surface area contributed by atoms with Crippen molar-refractivity contribution in [2.75, 3.05) is 13.2 Å². The summed E-state index contributed by atoms with van der Waals surface area (Å²) in [6.45, 7) is 3.14. The summed E-state index contributed by atoms with van der Waals surface area (Å²) in [6, 6.07) is 0. The van der Waals surface area contributed by atoms with E-state index in [-0.39, 0.29) is 18.3 Å². The average Bonchev–Trinajstić information content (AvgIpc) is 3.07. The van der Waals surface area contributed by atoms with E-state index in [0.717, 1.165) is 25.7 Å². The highest BCUT2D eigenvalue weighted by Gasteiger charge is 2.78. The molecule has 5 saturated heterocycles. The molecule has 6 heteroatoms. The van der Waals surface area contributed by atoms with E-state index in [0.29, 0.717) is 13.2 Å². The SMILES string of the molecule is CC12OC3[C@@]4(CCCO4)[C@@H](O1)C(O)[C@@H](O2)[C@@]31CCCO1. The number of hydrogen-bond acceptors (Lipinski definition) is 6. The van der Waals surface area contributed by atoms with Crippen molar-refractivity contribution in [3.8, 4) is 0 Å². The van der Waals surface area contributed by atoms with Crippen molar-refractivity contribution in [2.24, 2.45) is 0 Å². The Bertz CT molecular complexity index is 405. The van der Waals surface area contributed by atoms with Gasteiger partial charge in [0.25, 0.3) is 5.97 Å². The van der Waals surface area contributed by atoms with E-state index in [4.69, 9.17) is 23.7 Å². The van der Waals surface area contributed by atoms with E-state index in [2.05, 4.69) is 0 Å². The van der Waals surface area contributed by atoms with Crippen LogP contribution in [0.25, 0.3) is 0 Å². The zero-order valence-corrected chi connectivity index (χ0v) is 11.5. The molecule has 7 atom stereocenters. The first-order valence-electron chi connectivity index (χ1n) is 7.59. The minimum Gasteiger partial charge on any atom is -0.387 e. The van der Waals surface area contributed by atoms with Crippen LogP contribution in [-0.4, -0.2) is 59.9 Å². The molecule has 4 bridgehead atoms. The molecule has 1 aliphatic carbocycles. The first-order valence-corrected chi connectivity index (χ1v) is 7.59. The quantitative estimate of drug-likeness (QED) is 0.691. The maximum absolute atomic E-state index is 10.7. The van der Waals surface area contributed by atoms with Crippen LogP contribution in [0.3, 0.4) is 0 Å². The van der Waals surface area contributed by atoms with Gasteiger partial charge in [0.1, 0.15) is 35.6 Å². The van der Waals surface area contributed by atoms with Gasteiger partial charge in [-0.3, -0.25) is 0 Å². The Hall–Kier alpha value is -0.240. The molecule has 2 spiro atoms. The minimum absolute atomic E-state index is 0.217. The third kappa shape index (κ3) is 1.19.